The lowest BCUT2D eigenvalue weighted by molar-refractivity contribution is -0.199. The van der Waals surface area contributed by atoms with Crippen LogP contribution in [0, 0.1) is 11.8 Å². The molecule has 2 rings (SSSR count). The Labute approximate surface area is 115 Å². The van der Waals surface area contributed by atoms with Crippen molar-refractivity contribution in [3.63, 3.8) is 0 Å². The van der Waals surface area contributed by atoms with E-state index < -0.39 is 24.1 Å². The number of nitrogens with zero attached hydrogens (tertiary/aromatic N) is 3. The van der Waals surface area contributed by atoms with Crippen LogP contribution in [0.15, 0.2) is 6.33 Å². The summed E-state index contributed by atoms with van der Waals surface area (Å²) in [6.45, 7) is 0. The fraction of sp³-hybridized carbons (Fsp3) is 0.833. The molecule has 0 aromatic carbocycles. The molecule has 3 N–H and O–H groups in total. The molecule has 1 aliphatic rings. The van der Waals surface area contributed by atoms with Gasteiger partial charge >= 0.3 is 6.18 Å². The van der Waals surface area contributed by atoms with Gasteiger partial charge in [-0.05, 0) is 18.8 Å². The lowest BCUT2D eigenvalue weighted by Gasteiger charge is -2.37. The molecule has 3 unspecified atom stereocenters. The van der Waals surface area contributed by atoms with Gasteiger partial charge in [0, 0.05) is 19.5 Å². The lowest BCUT2D eigenvalue weighted by Crippen LogP contribution is -2.49. The molecule has 0 saturated heterocycles. The van der Waals surface area contributed by atoms with Crippen LogP contribution in [0.3, 0.4) is 0 Å². The monoisotopic (exact) mass is 291 g/mol. The molecular formula is C12H20F3N5. The first-order valence-electron chi connectivity index (χ1n) is 6.79. The van der Waals surface area contributed by atoms with E-state index in [9.17, 15) is 13.2 Å². The molecule has 1 heterocycles. The second-order valence-electron chi connectivity index (χ2n) is 5.37. The number of hydrogen-bond acceptors (Lipinski definition) is 4. The number of aryl methyl sites for hydroxylation is 1. The molecule has 1 saturated carbocycles. The third kappa shape index (κ3) is 3.29. The summed E-state index contributed by atoms with van der Waals surface area (Å²) >= 11 is 0. The van der Waals surface area contributed by atoms with Crippen LogP contribution >= 0.6 is 0 Å². The van der Waals surface area contributed by atoms with Gasteiger partial charge in [0.1, 0.15) is 12.2 Å². The lowest BCUT2D eigenvalue weighted by atomic mass is 9.74. The molecule has 1 aromatic rings. The molecule has 5 nitrogen and oxygen atoms in total. The van der Waals surface area contributed by atoms with Crippen molar-refractivity contribution in [1.29, 1.82) is 0 Å². The molecule has 1 fully saturated rings. The summed E-state index contributed by atoms with van der Waals surface area (Å²) in [6, 6.07) is -0.440. The fourth-order valence-corrected chi connectivity index (χ4v) is 3.08. The number of hydrogen-bond donors (Lipinski definition) is 2. The van der Waals surface area contributed by atoms with Crippen molar-refractivity contribution in [2.24, 2.45) is 24.7 Å². The Morgan fingerprint density at radius 2 is 2.15 bits per heavy atom. The van der Waals surface area contributed by atoms with Gasteiger partial charge in [-0.2, -0.15) is 18.3 Å². The second kappa shape index (κ2) is 6.09. The average Bonchev–Trinajstić information content (AvgIpc) is 2.80. The standard InChI is InChI=1S/C12H20F3N5/c1-20-11(17-7-18-20)6-10(19-16)8-4-2-3-5-9(8)12(13,14)15/h7-10,19H,2-6,16H2,1H3. The van der Waals surface area contributed by atoms with Crippen molar-refractivity contribution in [2.75, 3.05) is 0 Å². The molecule has 0 amide bonds. The Morgan fingerprint density at radius 3 is 2.70 bits per heavy atom. The number of hydrazine groups is 1. The van der Waals surface area contributed by atoms with Gasteiger partial charge < -0.3 is 0 Å². The third-order valence-corrected chi connectivity index (χ3v) is 4.18. The van der Waals surface area contributed by atoms with E-state index in [1.807, 2.05) is 0 Å². The molecule has 0 radical (unpaired) electrons. The van der Waals surface area contributed by atoms with E-state index in [4.69, 9.17) is 5.84 Å². The van der Waals surface area contributed by atoms with Crippen LogP contribution in [0.1, 0.15) is 31.5 Å². The van der Waals surface area contributed by atoms with Crippen LogP contribution in [-0.2, 0) is 13.5 Å². The molecule has 0 spiro atoms. The molecule has 0 bridgehead atoms. The molecule has 8 heteroatoms. The summed E-state index contributed by atoms with van der Waals surface area (Å²) in [6.07, 6.45) is -0.256. The third-order valence-electron chi connectivity index (χ3n) is 4.18. The second-order valence-corrected chi connectivity index (χ2v) is 5.37. The van der Waals surface area contributed by atoms with Crippen LogP contribution in [-0.4, -0.2) is 27.0 Å². The molecule has 3 atom stereocenters. The number of rotatable bonds is 4. The van der Waals surface area contributed by atoms with Crippen LogP contribution in [0.5, 0.6) is 0 Å². The normalized spacial score (nSPS) is 25.6. The Bertz CT molecular complexity index is 431. The molecule has 1 aromatic heterocycles. The largest absolute Gasteiger partial charge is 0.392 e. The number of halogens is 3. The maximum Gasteiger partial charge on any atom is 0.392 e. The zero-order chi connectivity index (χ0) is 14.8. The van der Waals surface area contributed by atoms with Gasteiger partial charge in [-0.15, -0.1) is 0 Å². The van der Waals surface area contributed by atoms with Gasteiger partial charge in [0.2, 0.25) is 0 Å². The zero-order valence-electron chi connectivity index (χ0n) is 11.4. The minimum Gasteiger partial charge on any atom is -0.271 e. The minimum atomic E-state index is -4.17. The van der Waals surface area contributed by atoms with Crippen LogP contribution in [0.25, 0.3) is 0 Å². The van der Waals surface area contributed by atoms with E-state index in [1.54, 1.807) is 11.7 Å². The van der Waals surface area contributed by atoms with Crippen LogP contribution < -0.4 is 11.3 Å². The summed E-state index contributed by atoms with van der Waals surface area (Å²) in [5.41, 5.74) is 2.56. The van der Waals surface area contributed by atoms with Crippen molar-refractivity contribution < 1.29 is 13.2 Å². The van der Waals surface area contributed by atoms with Crippen molar-refractivity contribution in [2.45, 2.75) is 44.3 Å². The Kier molecular flexibility index (Phi) is 4.64. The smallest absolute Gasteiger partial charge is 0.271 e. The molecular weight excluding hydrogens is 271 g/mol. The molecule has 20 heavy (non-hydrogen) atoms. The van der Waals surface area contributed by atoms with E-state index in [2.05, 4.69) is 15.5 Å². The van der Waals surface area contributed by atoms with E-state index in [1.165, 1.54) is 6.33 Å². The van der Waals surface area contributed by atoms with Crippen molar-refractivity contribution >= 4 is 0 Å². The van der Waals surface area contributed by atoms with Gasteiger partial charge in [-0.1, -0.05) is 12.8 Å². The van der Waals surface area contributed by atoms with Crippen LogP contribution in [0.4, 0.5) is 13.2 Å². The maximum atomic E-state index is 13.1. The van der Waals surface area contributed by atoms with Crippen molar-refractivity contribution in [3.8, 4) is 0 Å². The Balaban J connectivity index is 2.14. The minimum absolute atomic E-state index is 0.186. The number of alkyl halides is 3. The number of nitrogens with one attached hydrogen (secondary N) is 1. The highest BCUT2D eigenvalue weighted by Crippen LogP contribution is 2.43. The van der Waals surface area contributed by atoms with Gasteiger partial charge in [0.15, 0.2) is 0 Å². The average molecular weight is 291 g/mol. The Morgan fingerprint density at radius 1 is 1.45 bits per heavy atom. The van der Waals surface area contributed by atoms with Gasteiger partial charge in [0.25, 0.3) is 0 Å². The first-order valence-corrected chi connectivity index (χ1v) is 6.79. The summed E-state index contributed by atoms with van der Waals surface area (Å²) in [5, 5.41) is 3.93. The summed E-state index contributed by atoms with van der Waals surface area (Å²) in [7, 11) is 1.72. The predicted molar refractivity (Wildman–Crippen MR) is 67.3 cm³/mol. The summed E-state index contributed by atoms with van der Waals surface area (Å²) in [5.74, 6) is 4.34. The Hall–Kier alpha value is -1.15. The highest BCUT2D eigenvalue weighted by molar-refractivity contribution is 4.95. The number of aromatic nitrogens is 3. The predicted octanol–water partition coefficient (Wildman–Crippen LogP) is 1.56. The first-order chi connectivity index (χ1) is 9.43. The maximum absolute atomic E-state index is 13.1. The van der Waals surface area contributed by atoms with E-state index in [0.717, 1.165) is 6.42 Å². The van der Waals surface area contributed by atoms with Gasteiger partial charge in [-0.25, -0.2) is 4.98 Å². The molecule has 0 aliphatic heterocycles. The topological polar surface area (TPSA) is 68.8 Å². The SMILES string of the molecule is Cn1ncnc1CC(NN)C1CCCCC1C(F)(F)F. The van der Waals surface area contributed by atoms with E-state index in [0.29, 0.717) is 25.1 Å². The van der Waals surface area contributed by atoms with E-state index in [-0.39, 0.29) is 6.42 Å². The highest BCUT2D eigenvalue weighted by Gasteiger charge is 2.47. The van der Waals surface area contributed by atoms with Gasteiger partial charge in [0.05, 0.1) is 5.92 Å². The number of nitrogens with two attached hydrogens (primary N) is 1. The van der Waals surface area contributed by atoms with Crippen molar-refractivity contribution in [3.05, 3.63) is 12.2 Å². The summed E-state index contributed by atoms with van der Waals surface area (Å²) < 4.78 is 41.0. The quantitative estimate of drug-likeness (QED) is 0.652. The molecule has 1 aliphatic carbocycles. The van der Waals surface area contributed by atoms with Gasteiger partial charge in [-0.3, -0.25) is 16.0 Å². The highest BCUT2D eigenvalue weighted by atomic mass is 19.4. The van der Waals surface area contributed by atoms with Crippen LogP contribution in [0.2, 0.25) is 0 Å². The first kappa shape index (κ1) is 15.2. The fourth-order valence-electron chi connectivity index (χ4n) is 3.08. The zero-order valence-corrected chi connectivity index (χ0v) is 11.4. The van der Waals surface area contributed by atoms with E-state index >= 15 is 0 Å². The van der Waals surface area contributed by atoms with Crippen molar-refractivity contribution in [1.82, 2.24) is 20.2 Å². The summed E-state index contributed by atoms with van der Waals surface area (Å²) in [4.78, 5) is 4.06. The molecule has 114 valence electrons.